The number of Topliss-reactive ketones (excluding diaryl/α,β-unsaturated/α-hetero) is 1. The molecule has 0 bridgehead atoms. The second-order valence-corrected chi connectivity index (χ2v) is 5.96. The van der Waals surface area contributed by atoms with Crippen molar-refractivity contribution in [2.45, 2.75) is 59.3 Å². The fourth-order valence-electron chi connectivity index (χ4n) is 3.02. The highest BCUT2D eigenvalue weighted by atomic mass is 16.2. The molecule has 0 aromatic heterocycles. The number of hydrogen-bond donors (Lipinski definition) is 1. The Morgan fingerprint density at radius 2 is 1.82 bits per heavy atom. The molecule has 1 rings (SSSR count). The van der Waals surface area contributed by atoms with Crippen molar-refractivity contribution < 1.29 is 9.59 Å². The summed E-state index contributed by atoms with van der Waals surface area (Å²) >= 11 is 0. The number of amides is 1. The first-order valence-electron chi connectivity index (χ1n) is 6.70. The third-order valence-corrected chi connectivity index (χ3v) is 3.58. The quantitative estimate of drug-likeness (QED) is 0.724. The molecule has 1 aliphatic carbocycles. The van der Waals surface area contributed by atoms with Gasteiger partial charge in [-0.1, -0.05) is 26.7 Å². The van der Waals surface area contributed by atoms with Gasteiger partial charge in [-0.3, -0.25) is 9.59 Å². The molecule has 0 aliphatic heterocycles. The summed E-state index contributed by atoms with van der Waals surface area (Å²) in [5.41, 5.74) is 0.292. The Morgan fingerprint density at radius 3 is 2.29 bits per heavy atom. The molecule has 3 heteroatoms. The SMILES string of the molecule is CC(=O)CC(=O)NCC1(CC(C)C)CCCC1. The van der Waals surface area contributed by atoms with Crippen LogP contribution < -0.4 is 5.32 Å². The van der Waals surface area contributed by atoms with E-state index in [0.29, 0.717) is 11.3 Å². The van der Waals surface area contributed by atoms with Gasteiger partial charge in [0.2, 0.25) is 5.91 Å². The van der Waals surface area contributed by atoms with Gasteiger partial charge < -0.3 is 5.32 Å². The zero-order valence-electron chi connectivity index (χ0n) is 11.3. The lowest BCUT2D eigenvalue weighted by Crippen LogP contribution is -2.37. The van der Waals surface area contributed by atoms with E-state index in [1.165, 1.54) is 39.0 Å². The normalized spacial score (nSPS) is 18.4. The fraction of sp³-hybridized carbons (Fsp3) is 0.857. The van der Waals surface area contributed by atoms with Crippen LogP contribution in [0.5, 0.6) is 0 Å². The van der Waals surface area contributed by atoms with E-state index in [0.717, 1.165) is 6.54 Å². The van der Waals surface area contributed by atoms with Crippen molar-refractivity contribution in [1.82, 2.24) is 5.32 Å². The number of ketones is 1. The summed E-state index contributed by atoms with van der Waals surface area (Å²) in [6.07, 6.45) is 6.17. The third kappa shape index (κ3) is 4.88. The van der Waals surface area contributed by atoms with Gasteiger partial charge in [-0.2, -0.15) is 0 Å². The van der Waals surface area contributed by atoms with Gasteiger partial charge in [0, 0.05) is 6.54 Å². The highest BCUT2D eigenvalue weighted by Gasteiger charge is 2.34. The van der Waals surface area contributed by atoms with E-state index in [1.54, 1.807) is 0 Å². The molecule has 0 heterocycles. The molecule has 0 unspecified atom stereocenters. The Labute approximate surface area is 104 Å². The van der Waals surface area contributed by atoms with Crippen LogP contribution in [0.3, 0.4) is 0 Å². The number of nitrogens with one attached hydrogen (secondary N) is 1. The van der Waals surface area contributed by atoms with Crippen molar-refractivity contribution in [3.63, 3.8) is 0 Å². The van der Waals surface area contributed by atoms with Crippen LogP contribution in [-0.2, 0) is 9.59 Å². The smallest absolute Gasteiger partial charge is 0.227 e. The summed E-state index contributed by atoms with van der Waals surface area (Å²) < 4.78 is 0. The highest BCUT2D eigenvalue weighted by Crippen LogP contribution is 2.42. The zero-order valence-corrected chi connectivity index (χ0v) is 11.3. The average Bonchev–Trinajstić information content (AvgIpc) is 2.62. The lowest BCUT2D eigenvalue weighted by Gasteiger charge is -2.31. The van der Waals surface area contributed by atoms with Gasteiger partial charge in [0.1, 0.15) is 5.78 Å². The van der Waals surface area contributed by atoms with Crippen molar-refractivity contribution >= 4 is 11.7 Å². The number of carbonyl (C=O) groups excluding carboxylic acids is 2. The van der Waals surface area contributed by atoms with Crippen molar-refractivity contribution in [2.75, 3.05) is 6.54 Å². The molecular weight excluding hydrogens is 214 g/mol. The molecule has 1 amide bonds. The molecule has 0 spiro atoms. The molecule has 0 radical (unpaired) electrons. The van der Waals surface area contributed by atoms with Gasteiger partial charge in [0.05, 0.1) is 6.42 Å². The summed E-state index contributed by atoms with van der Waals surface area (Å²) in [5.74, 6) is 0.483. The second kappa shape index (κ2) is 6.18. The zero-order chi connectivity index (χ0) is 12.9. The number of carbonyl (C=O) groups is 2. The van der Waals surface area contributed by atoms with Crippen LogP contribution in [-0.4, -0.2) is 18.2 Å². The van der Waals surface area contributed by atoms with Crippen LogP contribution in [0.15, 0.2) is 0 Å². The lowest BCUT2D eigenvalue weighted by molar-refractivity contribution is -0.127. The minimum Gasteiger partial charge on any atom is -0.355 e. The van der Waals surface area contributed by atoms with Crippen molar-refractivity contribution in [2.24, 2.45) is 11.3 Å². The Bertz CT molecular complexity index is 278. The minimum absolute atomic E-state index is 0.0256. The summed E-state index contributed by atoms with van der Waals surface area (Å²) in [4.78, 5) is 22.4. The van der Waals surface area contributed by atoms with Gasteiger partial charge in [-0.25, -0.2) is 0 Å². The molecule has 0 atom stereocenters. The van der Waals surface area contributed by atoms with E-state index in [4.69, 9.17) is 0 Å². The molecule has 1 saturated carbocycles. The molecule has 17 heavy (non-hydrogen) atoms. The lowest BCUT2D eigenvalue weighted by atomic mass is 9.78. The van der Waals surface area contributed by atoms with Crippen molar-refractivity contribution in [3.8, 4) is 0 Å². The molecular formula is C14H25NO2. The van der Waals surface area contributed by atoms with Crippen LogP contribution in [0, 0.1) is 11.3 Å². The maximum Gasteiger partial charge on any atom is 0.227 e. The first-order valence-corrected chi connectivity index (χ1v) is 6.70. The minimum atomic E-state index is -0.118. The van der Waals surface area contributed by atoms with E-state index in [1.807, 2.05) is 0 Å². The van der Waals surface area contributed by atoms with Gasteiger partial charge in [0.25, 0.3) is 0 Å². The maximum absolute atomic E-state index is 11.5. The first kappa shape index (κ1) is 14.2. The topological polar surface area (TPSA) is 46.2 Å². The second-order valence-electron chi connectivity index (χ2n) is 5.96. The summed E-state index contributed by atoms with van der Waals surface area (Å²) in [6, 6.07) is 0. The van der Waals surface area contributed by atoms with Crippen LogP contribution in [0.25, 0.3) is 0 Å². The van der Waals surface area contributed by atoms with Gasteiger partial charge in [-0.05, 0) is 37.5 Å². The Hall–Kier alpha value is -0.860. The largest absolute Gasteiger partial charge is 0.355 e. The van der Waals surface area contributed by atoms with Gasteiger partial charge in [0.15, 0.2) is 0 Å². The average molecular weight is 239 g/mol. The Kier molecular flexibility index (Phi) is 5.16. The van der Waals surface area contributed by atoms with E-state index < -0.39 is 0 Å². The fourth-order valence-corrected chi connectivity index (χ4v) is 3.02. The van der Waals surface area contributed by atoms with Gasteiger partial charge in [-0.15, -0.1) is 0 Å². The van der Waals surface area contributed by atoms with Crippen LogP contribution in [0.1, 0.15) is 59.3 Å². The standard InChI is InChI=1S/C14H25NO2/c1-11(2)9-14(6-4-5-7-14)10-15-13(17)8-12(3)16/h11H,4-10H2,1-3H3,(H,15,17). The van der Waals surface area contributed by atoms with Gasteiger partial charge >= 0.3 is 0 Å². The van der Waals surface area contributed by atoms with Crippen LogP contribution in [0.4, 0.5) is 0 Å². The molecule has 0 aromatic rings. The van der Waals surface area contributed by atoms with Crippen molar-refractivity contribution in [3.05, 3.63) is 0 Å². The Balaban J connectivity index is 2.44. The van der Waals surface area contributed by atoms with E-state index >= 15 is 0 Å². The van der Waals surface area contributed by atoms with E-state index in [9.17, 15) is 9.59 Å². The maximum atomic E-state index is 11.5. The molecule has 98 valence electrons. The highest BCUT2D eigenvalue weighted by molar-refractivity contribution is 5.96. The molecule has 0 aromatic carbocycles. The summed E-state index contributed by atoms with van der Waals surface area (Å²) in [6.45, 7) is 6.67. The molecule has 3 nitrogen and oxygen atoms in total. The Morgan fingerprint density at radius 1 is 1.24 bits per heavy atom. The van der Waals surface area contributed by atoms with Crippen LogP contribution in [0.2, 0.25) is 0 Å². The first-order chi connectivity index (χ1) is 7.93. The monoisotopic (exact) mass is 239 g/mol. The van der Waals surface area contributed by atoms with Crippen LogP contribution >= 0.6 is 0 Å². The number of hydrogen-bond acceptors (Lipinski definition) is 2. The molecule has 1 aliphatic rings. The summed E-state index contributed by atoms with van der Waals surface area (Å²) in [7, 11) is 0. The predicted molar refractivity (Wildman–Crippen MR) is 68.7 cm³/mol. The summed E-state index contributed by atoms with van der Waals surface area (Å²) in [5, 5.41) is 2.94. The predicted octanol–water partition coefficient (Wildman–Crippen LogP) is 2.69. The van der Waals surface area contributed by atoms with Crippen molar-refractivity contribution in [1.29, 1.82) is 0 Å². The third-order valence-electron chi connectivity index (χ3n) is 3.58. The van der Waals surface area contributed by atoms with E-state index in [2.05, 4.69) is 19.2 Å². The molecule has 1 fully saturated rings. The molecule has 1 N–H and O–H groups in total. The number of rotatable bonds is 6. The molecule has 0 saturated heterocycles. The van der Waals surface area contributed by atoms with E-state index in [-0.39, 0.29) is 18.1 Å².